The van der Waals surface area contributed by atoms with Gasteiger partial charge < -0.3 is 10.2 Å². The summed E-state index contributed by atoms with van der Waals surface area (Å²) in [4.78, 5) is 23.1. The van der Waals surface area contributed by atoms with Crippen LogP contribution in [0.3, 0.4) is 0 Å². The highest BCUT2D eigenvalue weighted by molar-refractivity contribution is 6.20. The molecule has 26 heavy (non-hydrogen) atoms. The van der Waals surface area contributed by atoms with Gasteiger partial charge >= 0.3 is 0 Å². The average Bonchev–Trinajstić information content (AvgIpc) is 2.62. The molecule has 4 heteroatoms. The van der Waals surface area contributed by atoms with Crippen molar-refractivity contribution >= 4 is 11.6 Å². The standard InChI is InChI=1S/C22H32O4/c1-2-3-4-5-6-7-8-9-10-11-12-13-14-15-16-18-21(25)19(23)17-20(24)22(18)26/h6-7,9-10,17,23,26H,2-5,8,11-16H2,1H3/b7-6-,10-9-. The van der Waals surface area contributed by atoms with Crippen molar-refractivity contribution in [2.24, 2.45) is 0 Å². The molecule has 0 unspecified atom stereocenters. The molecule has 0 aromatic heterocycles. The number of Topliss-reactive ketones (excluding diaryl/α,β-unsaturated/α-hetero) is 1. The summed E-state index contributed by atoms with van der Waals surface area (Å²) in [6.07, 6.45) is 20.8. The van der Waals surface area contributed by atoms with Crippen molar-refractivity contribution in [2.45, 2.75) is 77.6 Å². The third-order valence-electron chi connectivity index (χ3n) is 4.42. The molecule has 0 spiro atoms. The first-order valence-electron chi connectivity index (χ1n) is 9.79. The van der Waals surface area contributed by atoms with Gasteiger partial charge in [0.1, 0.15) is 0 Å². The van der Waals surface area contributed by atoms with Crippen LogP contribution >= 0.6 is 0 Å². The van der Waals surface area contributed by atoms with Crippen LogP contribution in [0, 0.1) is 0 Å². The molecule has 0 fully saturated rings. The van der Waals surface area contributed by atoms with E-state index in [0.717, 1.165) is 44.6 Å². The largest absolute Gasteiger partial charge is 0.504 e. The first-order chi connectivity index (χ1) is 12.6. The van der Waals surface area contributed by atoms with Crippen LogP contribution < -0.4 is 0 Å². The highest BCUT2D eigenvalue weighted by atomic mass is 16.3. The third kappa shape index (κ3) is 8.32. The molecular formula is C22H32O4. The van der Waals surface area contributed by atoms with Crippen LogP contribution in [0.2, 0.25) is 0 Å². The smallest absolute Gasteiger partial charge is 0.227 e. The predicted octanol–water partition coefficient (Wildman–Crippen LogP) is 5.82. The number of allylic oxidation sites excluding steroid dienone is 6. The average molecular weight is 360 g/mol. The van der Waals surface area contributed by atoms with E-state index in [1.54, 1.807) is 0 Å². The van der Waals surface area contributed by atoms with Gasteiger partial charge in [0, 0.05) is 11.6 Å². The lowest BCUT2D eigenvalue weighted by molar-refractivity contribution is -0.119. The van der Waals surface area contributed by atoms with Crippen molar-refractivity contribution in [2.75, 3.05) is 0 Å². The van der Waals surface area contributed by atoms with Gasteiger partial charge in [-0.1, -0.05) is 56.9 Å². The molecule has 0 heterocycles. The van der Waals surface area contributed by atoms with Crippen molar-refractivity contribution < 1.29 is 19.8 Å². The van der Waals surface area contributed by atoms with Gasteiger partial charge in [-0.2, -0.15) is 0 Å². The Morgan fingerprint density at radius 3 is 2.12 bits per heavy atom. The number of aliphatic hydroxyl groups is 2. The van der Waals surface area contributed by atoms with Gasteiger partial charge in [-0.25, -0.2) is 0 Å². The number of ketones is 2. The van der Waals surface area contributed by atoms with E-state index in [9.17, 15) is 19.8 Å². The summed E-state index contributed by atoms with van der Waals surface area (Å²) in [5, 5.41) is 19.1. The van der Waals surface area contributed by atoms with E-state index >= 15 is 0 Å². The number of aliphatic hydroxyl groups excluding tert-OH is 2. The normalized spacial score (nSPS) is 15.5. The van der Waals surface area contributed by atoms with Crippen LogP contribution in [0.5, 0.6) is 0 Å². The summed E-state index contributed by atoms with van der Waals surface area (Å²) in [5.74, 6) is -2.42. The molecule has 0 atom stereocenters. The third-order valence-corrected chi connectivity index (χ3v) is 4.42. The summed E-state index contributed by atoms with van der Waals surface area (Å²) >= 11 is 0. The van der Waals surface area contributed by atoms with Gasteiger partial charge in [-0.15, -0.1) is 0 Å². The molecule has 1 rings (SSSR count). The number of rotatable bonds is 13. The quantitative estimate of drug-likeness (QED) is 0.247. The Morgan fingerprint density at radius 2 is 1.46 bits per heavy atom. The lowest BCUT2D eigenvalue weighted by atomic mass is 9.95. The second kappa shape index (κ2) is 13.2. The van der Waals surface area contributed by atoms with Crippen LogP contribution in [-0.2, 0) is 9.59 Å². The number of carbonyl (C=O) groups is 2. The topological polar surface area (TPSA) is 74.6 Å². The molecule has 1 aliphatic carbocycles. The van der Waals surface area contributed by atoms with Gasteiger partial charge in [0.2, 0.25) is 11.6 Å². The van der Waals surface area contributed by atoms with Crippen molar-refractivity contribution in [3.05, 3.63) is 47.5 Å². The van der Waals surface area contributed by atoms with Crippen molar-refractivity contribution in [3.63, 3.8) is 0 Å². The van der Waals surface area contributed by atoms with E-state index in [-0.39, 0.29) is 5.57 Å². The Balaban J connectivity index is 2.07. The first-order valence-corrected chi connectivity index (χ1v) is 9.79. The van der Waals surface area contributed by atoms with Crippen LogP contribution in [0.1, 0.15) is 77.6 Å². The number of hydrogen-bond donors (Lipinski definition) is 2. The second-order valence-electron chi connectivity index (χ2n) is 6.68. The molecule has 1 aliphatic rings. The minimum absolute atomic E-state index is 0.0422. The van der Waals surface area contributed by atoms with E-state index in [1.807, 2.05) is 0 Å². The van der Waals surface area contributed by atoms with Crippen LogP contribution in [0.15, 0.2) is 47.5 Å². The maximum Gasteiger partial charge on any atom is 0.227 e. The highest BCUT2D eigenvalue weighted by Gasteiger charge is 2.27. The fourth-order valence-corrected chi connectivity index (χ4v) is 2.84. The Kier molecular flexibility index (Phi) is 11.1. The minimum atomic E-state index is -0.693. The summed E-state index contributed by atoms with van der Waals surface area (Å²) in [7, 11) is 0. The summed E-state index contributed by atoms with van der Waals surface area (Å²) in [6, 6.07) is 0. The molecule has 0 saturated heterocycles. The van der Waals surface area contributed by atoms with Gasteiger partial charge in [-0.05, 0) is 44.9 Å². The molecule has 0 saturated carbocycles. The molecule has 0 amide bonds. The Hall–Kier alpha value is -2.10. The zero-order chi connectivity index (χ0) is 19.2. The number of hydrogen-bond acceptors (Lipinski definition) is 4. The van der Waals surface area contributed by atoms with E-state index in [4.69, 9.17) is 0 Å². The molecule has 0 aromatic rings. The minimum Gasteiger partial charge on any atom is -0.504 e. The lowest BCUT2D eigenvalue weighted by Crippen LogP contribution is -2.19. The van der Waals surface area contributed by atoms with Crippen LogP contribution in [0.4, 0.5) is 0 Å². The fraction of sp³-hybridized carbons (Fsp3) is 0.545. The maximum absolute atomic E-state index is 11.7. The zero-order valence-electron chi connectivity index (χ0n) is 15.9. The maximum atomic E-state index is 11.7. The number of carbonyl (C=O) groups excluding carboxylic acids is 2. The van der Waals surface area contributed by atoms with Crippen molar-refractivity contribution in [3.8, 4) is 0 Å². The van der Waals surface area contributed by atoms with E-state index in [2.05, 4.69) is 31.2 Å². The monoisotopic (exact) mass is 360 g/mol. The molecule has 0 aromatic carbocycles. The molecule has 0 radical (unpaired) electrons. The van der Waals surface area contributed by atoms with Gasteiger partial charge in [0.15, 0.2) is 11.5 Å². The fourth-order valence-electron chi connectivity index (χ4n) is 2.84. The zero-order valence-corrected chi connectivity index (χ0v) is 15.9. The Bertz CT molecular complexity index is 579. The number of unbranched alkanes of at least 4 members (excludes halogenated alkanes) is 7. The van der Waals surface area contributed by atoms with Gasteiger partial charge in [-0.3, -0.25) is 9.59 Å². The van der Waals surface area contributed by atoms with Crippen molar-refractivity contribution in [1.82, 2.24) is 0 Å². The SMILES string of the molecule is CCCCC/C=C\C/C=C\CCCCCCC1=C(O)C(=O)C=C(O)C1=O. The van der Waals surface area contributed by atoms with Crippen molar-refractivity contribution in [1.29, 1.82) is 0 Å². The predicted molar refractivity (Wildman–Crippen MR) is 105 cm³/mol. The van der Waals surface area contributed by atoms with Crippen LogP contribution in [-0.4, -0.2) is 21.8 Å². The summed E-state index contributed by atoms with van der Waals surface area (Å²) in [5.41, 5.74) is 0.0422. The molecule has 0 bridgehead atoms. The summed E-state index contributed by atoms with van der Waals surface area (Å²) in [6.45, 7) is 2.21. The van der Waals surface area contributed by atoms with E-state index in [0.29, 0.717) is 6.42 Å². The van der Waals surface area contributed by atoms with Gasteiger partial charge in [0.25, 0.3) is 0 Å². The van der Waals surface area contributed by atoms with Crippen LogP contribution in [0.25, 0.3) is 0 Å². The Morgan fingerprint density at radius 1 is 0.846 bits per heavy atom. The second-order valence-corrected chi connectivity index (χ2v) is 6.68. The lowest BCUT2D eigenvalue weighted by Gasteiger charge is -2.12. The molecule has 0 aliphatic heterocycles. The first kappa shape index (κ1) is 21.9. The Labute approximate surface area is 157 Å². The highest BCUT2D eigenvalue weighted by Crippen LogP contribution is 2.21. The molecule has 2 N–H and O–H groups in total. The summed E-state index contributed by atoms with van der Waals surface area (Å²) < 4.78 is 0. The van der Waals surface area contributed by atoms with Gasteiger partial charge in [0.05, 0.1) is 0 Å². The van der Waals surface area contributed by atoms with E-state index in [1.165, 1.54) is 25.7 Å². The van der Waals surface area contributed by atoms with E-state index < -0.39 is 23.1 Å². The molecular weight excluding hydrogens is 328 g/mol. The molecule has 4 nitrogen and oxygen atoms in total. The molecule has 144 valence electrons.